The number of benzene rings is 1. The Bertz CT molecular complexity index is 617. The maximum Gasteiger partial charge on any atom is 0.227 e. The second-order valence-corrected chi connectivity index (χ2v) is 6.51. The molecule has 4 nitrogen and oxygen atoms in total. The Kier molecular flexibility index (Phi) is 3.35. The summed E-state index contributed by atoms with van der Waals surface area (Å²) in [5, 5.41) is 0.0976. The van der Waals surface area contributed by atoms with Gasteiger partial charge in [0, 0.05) is 23.9 Å². The van der Waals surface area contributed by atoms with Crippen LogP contribution in [0.2, 0.25) is 0 Å². The number of hydrogen-bond donors (Lipinski definition) is 0. The zero-order valence-electron chi connectivity index (χ0n) is 9.17. The maximum atomic E-state index is 12.1. The topological polar surface area (TPSA) is 52.0 Å². The first-order valence-electron chi connectivity index (χ1n) is 4.93. The number of sulfone groups is 1. The van der Waals surface area contributed by atoms with Gasteiger partial charge < -0.3 is 4.57 Å². The number of halogens is 1. The van der Waals surface area contributed by atoms with Crippen molar-refractivity contribution < 1.29 is 8.42 Å². The summed E-state index contributed by atoms with van der Waals surface area (Å²) in [6.07, 6.45) is 3.10. The summed E-state index contributed by atoms with van der Waals surface area (Å²) < 4.78 is 26.6. The maximum absolute atomic E-state index is 12.1. The molecule has 0 N–H and O–H groups in total. The number of aryl methyl sites for hydroxylation is 1. The van der Waals surface area contributed by atoms with E-state index in [1.165, 1.54) is 10.8 Å². The van der Waals surface area contributed by atoms with E-state index in [-0.39, 0.29) is 10.9 Å². The van der Waals surface area contributed by atoms with E-state index in [2.05, 4.69) is 20.9 Å². The van der Waals surface area contributed by atoms with Crippen LogP contribution in [0.1, 0.15) is 5.56 Å². The van der Waals surface area contributed by atoms with Crippen molar-refractivity contribution in [2.45, 2.75) is 10.9 Å². The highest BCUT2D eigenvalue weighted by Crippen LogP contribution is 2.16. The van der Waals surface area contributed by atoms with Crippen LogP contribution in [0.3, 0.4) is 0 Å². The quantitative estimate of drug-likeness (QED) is 0.872. The molecule has 0 saturated carbocycles. The third-order valence-corrected chi connectivity index (χ3v) is 4.52. The summed E-state index contributed by atoms with van der Waals surface area (Å²) in [5.74, 6) is -0.0366. The first-order chi connectivity index (χ1) is 7.99. The van der Waals surface area contributed by atoms with Gasteiger partial charge in [-0.2, -0.15) is 0 Å². The van der Waals surface area contributed by atoms with Crippen LogP contribution in [0.4, 0.5) is 0 Å². The number of imidazole rings is 1. The minimum Gasteiger partial charge on any atom is -0.325 e. The molecule has 0 bridgehead atoms. The third-order valence-electron chi connectivity index (χ3n) is 2.33. The van der Waals surface area contributed by atoms with Crippen molar-refractivity contribution in [2.24, 2.45) is 7.05 Å². The predicted octanol–water partition coefficient (Wildman–Crippen LogP) is 2.16. The molecular formula is C11H11BrN2O2S. The van der Waals surface area contributed by atoms with Gasteiger partial charge in [-0.15, -0.1) is 0 Å². The Labute approximate surface area is 108 Å². The lowest BCUT2D eigenvalue weighted by Crippen LogP contribution is -2.10. The average molecular weight is 315 g/mol. The van der Waals surface area contributed by atoms with E-state index < -0.39 is 9.84 Å². The first-order valence-corrected chi connectivity index (χ1v) is 7.38. The second-order valence-electron chi connectivity index (χ2n) is 3.71. The molecule has 1 aromatic heterocycles. The minimum atomic E-state index is -3.38. The molecule has 2 aromatic rings. The van der Waals surface area contributed by atoms with Crippen molar-refractivity contribution in [3.63, 3.8) is 0 Å². The van der Waals surface area contributed by atoms with Crippen LogP contribution in [0.15, 0.2) is 46.3 Å². The van der Waals surface area contributed by atoms with Crippen molar-refractivity contribution in [2.75, 3.05) is 0 Å². The van der Waals surface area contributed by atoms with Crippen molar-refractivity contribution in [3.8, 4) is 0 Å². The molecule has 90 valence electrons. The lowest BCUT2D eigenvalue weighted by atomic mass is 10.2. The Morgan fingerprint density at radius 3 is 2.47 bits per heavy atom. The Morgan fingerprint density at radius 2 is 1.94 bits per heavy atom. The van der Waals surface area contributed by atoms with E-state index in [0.29, 0.717) is 0 Å². The summed E-state index contributed by atoms with van der Waals surface area (Å²) in [6.45, 7) is 0. The molecule has 0 radical (unpaired) electrons. The number of rotatable bonds is 3. The highest BCUT2D eigenvalue weighted by Gasteiger charge is 2.19. The van der Waals surface area contributed by atoms with Crippen molar-refractivity contribution in [1.29, 1.82) is 0 Å². The Morgan fingerprint density at radius 1 is 1.29 bits per heavy atom. The zero-order chi connectivity index (χ0) is 12.5. The summed E-state index contributed by atoms with van der Waals surface area (Å²) in [7, 11) is -1.71. The van der Waals surface area contributed by atoms with Gasteiger partial charge in [0.1, 0.15) is 0 Å². The van der Waals surface area contributed by atoms with Crippen LogP contribution >= 0.6 is 15.9 Å². The molecule has 0 spiro atoms. The number of hydrogen-bond acceptors (Lipinski definition) is 3. The fraction of sp³-hybridized carbons (Fsp3) is 0.182. The van der Waals surface area contributed by atoms with Gasteiger partial charge in [0.2, 0.25) is 15.0 Å². The molecule has 0 fully saturated rings. The Balaban J connectivity index is 2.30. The average Bonchev–Trinajstić information content (AvgIpc) is 2.68. The molecule has 0 unspecified atom stereocenters. The van der Waals surface area contributed by atoms with Gasteiger partial charge in [-0.05, 0) is 17.7 Å². The monoisotopic (exact) mass is 314 g/mol. The van der Waals surface area contributed by atoms with Crippen LogP contribution in [0.25, 0.3) is 0 Å². The minimum absolute atomic E-state index is 0.0366. The fourth-order valence-corrected chi connectivity index (χ4v) is 3.26. The molecule has 0 aliphatic carbocycles. The lowest BCUT2D eigenvalue weighted by Gasteiger charge is -2.04. The fourth-order valence-electron chi connectivity index (χ4n) is 1.52. The summed E-state index contributed by atoms with van der Waals surface area (Å²) in [6, 6.07) is 7.21. The molecule has 1 aromatic carbocycles. The van der Waals surface area contributed by atoms with Crippen LogP contribution in [0, 0.1) is 0 Å². The molecule has 0 atom stereocenters. The van der Waals surface area contributed by atoms with Gasteiger partial charge >= 0.3 is 0 Å². The summed E-state index contributed by atoms with van der Waals surface area (Å²) in [4.78, 5) is 3.87. The van der Waals surface area contributed by atoms with Gasteiger partial charge in [0.15, 0.2) is 0 Å². The molecule has 17 heavy (non-hydrogen) atoms. The van der Waals surface area contributed by atoms with E-state index in [0.717, 1.165) is 10.0 Å². The molecule has 1 heterocycles. The van der Waals surface area contributed by atoms with Gasteiger partial charge in [0.25, 0.3) is 0 Å². The first kappa shape index (κ1) is 12.3. The zero-order valence-corrected chi connectivity index (χ0v) is 11.6. The largest absolute Gasteiger partial charge is 0.325 e. The Hall–Kier alpha value is -1.14. The standard InChI is InChI=1S/C11H11BrN2O2S/c1-14-7-6-13-11(14)17(15,16)8-9-2-4-10(12)5-3-9/h2-7H,8H2,1H3. The van der Waals surface area contributed by atoms with Gasteiger partial charge in [-0.1, -0.05) is 28.1 Å². The van der Waals surface area contributed by atoms with Crippen LogP contribution in [-0.4, -0.2) is 18.0 Å². The van der Waals surface area contributed by atoms with Gasteiger partial charge in [0.05, 0.1) is 5.75 Å². The van der Waals surface area contributed by atoms with Crippen LogP contribution in [-0.2, 0) is 22.6 Å². The second kappa shape index (κ2) is 4.62. The number of nitrogens with zero attached hydrogens (tertiary/aromatic N) is 2. The van der Waals surface area contributed by atoms with E-state index in [4.69, 9.17) is 0 Å². The van der Waals surface area contributed by atoms with Gasteiger partial charge in [-0.3, -0.25) is 0 Å². The molecule has 0 aliphatic heterocycles. The van der Waals surface area contributed by atoms with Gasteiger partial charge in [-0.25, -0.2) is 13.4 Å². The van der Waals surface area contributed by atoms with E-state index in [9.17, 15) is 8.42 Å². The molecule has 0 aliphatic rings. The van der Waals surface area contributed by atoms with E-state index in [1.54, 1.807) is 25.4 Å². The van der Waals surface area contributed by atoms with Crippen molar-refractivity contribution in [3.05, 3.63) is 46.7 Å². The van der Waals surface area contributed by atoms with E-state index >= 15 is 0 Å². The third kappa shape index (κ3) is 2.76. The smallest absolute Gasteiger partial charge is 0.227 e. The van der Waals surface area contributed by atoms with Crippen molar-refractivity contribution >= 4 is 25.8 Å². The molecular weight excluding hydrogens is 304 g/mol. The highest BCUT2D eigenvalue weighted by molar-refractivity contribution is 9.10. The van der Waals surface area contributed by atoms with E-state index in [1.807, 2.05) is 12.1 Å². The van der Waals surface area contributed by atoms with Crippen LogP contribution in [0.5, 0.6) is 0 Å². The predicted molar refractivity (Wildman–Crippen MR) is 68.2 cm³/mol. The molecule has 0 amide bonds. The lowest BCUT2D eigenvalue weighted by molar-refractivity contribution is 0.578. The summed E-state index contributed by atoms with van der Waals surface area (Å²) >= 11 is 3.31. The van der Waals surface area contributed by atoms with Crippen molar-refractivity contribution in [1.82, 2.24) is 9.55 Å². The molecule has 0 saturated heterocycles. The number of aromatic nitrogens is 2. The normalized spacial score (nSPS) is 11.6. The molecule has 6 heteroatoms. The summed E-state index contributed by atoms with van der Waals surface area (Å²) in [5.41, 5.74) is 0.746. The SMILES string of the molecule is Cn1ccnc1S(=O)(=O)Cc1ccc(Br)cc1. The van der Waals surface area contributed by atoms with Crippen LogP contribution < -0.4 is 0 Å². The highest BCUT2D eigenvalue weighted by atomic mass is 79.9. The molecule has 2 rings (SSSR count).